The van der Waals surface area contributed by atoms with E-state index >= 15 is 0 Å². The minimum Gasteiger partial charge on any atom is -0.383 e. The van der Waals surface area contributed by atoms with Gasteiger partial charge in [-0.25, -0.2) is 23.0 Å². The molecule has 11 heteroatoms. The van der Waals surface area contributed by atoms with Crippen molar-refractivity contribution in [1.82, 2.24) is 29.8 Å². The van der Waals surface area contributed by atoms with Crippen molar-refractivity contribution in [2.24, 2.45) is 0 Å². The predicted octanol–water partition coefficient (Wildman–Crippen LogP) is 3.17. The number of nitrogens with one attached hydrogen (secondary N) is 2. The van der Waals surface area contributed by atoms with Crippen molar-refractivity contribution in [2.75, 3.05) is 20.3 Å². The maximum atomic E-state index is 13.2. The topological polar surface area (TPSA) is 111 Å². The first-order valence-electron chi connectivity index (χ1n) is 11.0. The van der Waals surface area contributed by atoms with Gasteiger partial charge in [0.05, 0.1) is 35.8 Å². The first kappa shape index (κ1) is 26.1. The lowest BCUT2D eigenvalue weighted by Crippen LogP contribution is -2.24. The Morgan fingerprint density at radius 1 is 1.09 bits per heavy atom. The zero-order valence-corrected chi connectivity index (χ0v) is 20.5. The van der Waals surface area contributed by atoms with Gasteiger partial charge in [0.1, 0.15) is 21.8 Å². The lowest BCUT2D eigenvalue weighted by Gasteiger charge is -2.08. The average Bonchev–Trinajstić information content (AvgIpc) is 3.33. The van der Waals surface area contributed by atoms with E-state index in [-0.39, 0.29) is 18.3 Å². The van der Waals surface area contributed by atoms with Crippen molar-refractivity contribution in [1.29, 1.82) is 0 Å². The van der Waals surface area contributed by atoms with Crippen LogP contribution in [-0.4, -0.2) is 50.1 Å². The van der Waals surface area contributed by atoms with Gasteiger partial charge in [-0.05, 0) is 35.9 Å². The van der Waals surface area contributed by atoms with E-state index in [4.69, 9.17) is 4.74 Å². The Labute approximate surface area is 205 Å². The number of ether oxygens (including phenoxy) is 1. The van der Waals surface area contributed by atoms with Gasteiger partial charge in [-0.15, -0.1) is 0 Å². The number of hydrogen-bond acceptors (Lipinski definition) is 6. The molecule has 0 spiro atoms. The summed E-state index contributed by atoms with van der Waals surface area (Å²) in [5, 5.41) is 8.19. The standard InChI is InChI=1S/C22H21FN6O3S.C2H6/c1-32-9-8-28-33(31)21-7-2-15(10-25-21)11-26-22(30)19-12-24-14-20-18(19)13-27-29(20)17-5-3-16(23)4-6-17;1-2/h2-7,10,12-14,28H,8-9,11H2,1H3,(H,26,30);1-2H3. The highest BCUT2D eigenvalue weighted by atomic mass is 32.2. The van der Waals surface area contributed by atoms with E-state index in [1.165, 1.54) is 18.3 Å². The fourth-order valence-corrected chi connectivity index (χ4v) is 3.88. The minimum absolute atomic E-state index is 0.234. The molecule has 0 aliphatic heterocycles. The van der Waals surface area contributed by atoms with Crippen LogP contribution in [0.5, 0.6) is 0 Å². The lowest BCUT2D eigenvalue weighted by molar-refractivity contribution is 0.0952. The Morgan fingerprint density at radius 3 is 2.54 bits per heavy atom. The summed E-state index contributed by atoms with van der Waals surface area (Å²) in [6, 6.07) is 9.29. The Morgan fingerprint density at radius 2 is 1.86 bits per heavy atom. The number of fused-ring (bicyclic) bond motifs is 1. The van der Waals surface area contributed by atoms with Gasteiger partial charge in [0.25, 0.3) is 5.91 Å². The second-order valence-corrected chi connectivity index (χ2v) is 8.24. The molecular weight excluding hydrogens is 471 g/mol. The molecule has 184 valence electrons. The molecule has 1 aromatic carbocycles. The molecule has 0 saturated carbocycles. The van der Waals surface area contributed by atoms with Crippen LogP contribution in [0.25, 0.3) is 16.6 Å². The van der Waals surface area contributed by atoms with Gasteiger partial charge >= 0.3 is 0 Å². The molecule has 0 fully saturated rings. The van der Waals surface area contributed by atoms with Crippen LogP contribution >= 0.6 is 0 Å². The third kappa shape index (κ3) is 6.53. The van der Waals surface area contributed by atoms with Crippen molar-refractivity contribution in [3.63, 3.8) is 0 Å². The predicted molar refractivity (Wildman–Crippen MR) is 132 cm³/mol. The highest BCUT2D eigenvalue weighted by Crippen LogP contribution is 2.21. The summed E-state index contributed by atoms with van der Waals surface area (Å²) in [6.07, 6.45) is 6.23. The van der Waals surface area contributed by atoms with Crippen LogP contribution in [0.2, 0.25) is 0 Å². The number of halogens is 1. The smallest absolute Gasteiger partial charge is 0.253 e. The number of carbonyl (C=O) groups is 1. The van der Waals surface area contributed by atoms with Crippen LogP contribution in [-0.2, 0) is 22.3 Å². The average molecular weight is 499 g/mol. The normalized spacial score (nSPS) is 11.5. The minimum atomic E-state index is -1.43. The van der Waals surface area contributed by atoms with Crippen LogP contribution in [0, 0.1) is 5.82 Å². The second kappa shape index (κ2) is 12.8. The molecule has 9 nitrogen and oxygen atoms in total. The van der Waals surface area contributed by atoms with Gasteiger partial charge in [-0.2, -0.15) is 5.10 Å². The van der Waals surface area contributed by atoms with E-state index in [9.17, 15) is 13.4 Å². The molecule has 4 aromatic rings. The maximum absolute atomic E-state index is 13.2. The summed E-state index contributed by atoms with van der Waals surface area (Å²) in [6.45, 7) is 5.12. The first-order valence-corrected chi connectivity index (χ1v) is 12.2. The van der Waals surface area contributed by atoms with E-state index in [1.807, 2.05) is 13.8 Å². The number of amides is 1. The van der Waals surface area contributed by atoms with Gasteiger partial charge in [0.2, 0.25) is 0 Å². The number of nitrogens with zero attached hydrogens (tertiary/aromatic N) is 4. The van der Waals surface area contributed by atoms with E-state index in [0.717, 1.165) is 5.56 Å². The van der Waals surface area contributed by atoms with Gasteiger partial charge in [0.15, 0.2) is 0 Å². The summed E-state index contributed by atoms with van der Waals surface area (Å²) < 4.78 is 34.7. The number of benzene rings is 1. The van der Waals surface area contributed by atoms with E-state index in [2.05, 4.69) is 25.1 Å². The van der Waals surface area contributed by atoms with E-state index < -0.39 is 11.0 Å². The molecule has 1 atom stereocenters. The summed E-state index contributed by atoms with van der Waals surface area (Å²) in [7, 11) is 0.136. The molecule has 35 heavy (non-hydrogen) atoms. The molecule has 1 unspecified atom stereocenters. The van der Waals surface area contributed by atoms with E-state index in [1.54, 1.807) is 54.6 Å². The highest BCUT2D eigenvalue weighted by Gasteiger charge is 2.15. The molecule has 0 aliphatic carbocycles. The van der Waals surface area contributed by atoms with Crippen LogP contribution in [0.3, 0.4) is 0 Å². The number of pyridine rings is 2. The van der Waals surface area contributed by atoms with Crippen LogP contribution in [0.15, 0.2) is 66.2 Å². The molecular formula is C24H27FN6O3S. The summed E-state index contributed by atoms with van der Waals surface area (Å²) in [5.41, 5.74) is 2.41. The summed E-state index contributed by atoms with van der Waals surface area (Å²) in [5.74, 6) is -0.662. The molecule has 0 saturated heterocycles. The molecule has 4 rings (SSSR count). The molecule has 0 aliphatic rings. The summed E-state index contributed by atoms with van der Waals surface area (Å²) in [4.78, 5) is 21.2. The second-order valence-electron chi connectivity index (χ2n) is 7.00. The van der Waals surface area contributed by atoms with Crippen LogP contribution < -0.4 is 10.0 Å². The van der Waals surface area contributed by atoms with Crippen LogP contribution in [0.4, 0.5) is 4.39 Å². The molecule has 3 heterocycles. The zero-order chi connectivity index (χ0) is 25.2. The number of hydrogen-bond donors (Lipinski definition) is 2. The van der Waals surface area contributed by atoms with Gasteiger partial charge in [-0.3, -0.25) is 9.78 Å². The number of aromatic nitrogens is 4. The largest absolute Gasteiger partial charge is 0.383 e. The zero-order valence-electron chi connectivity index (χ0n) is 19.7. The number of rotatable bonds is 9. The van der Waals surface area contributed by atoms with Crippen molar-refractivity contribution in [2.45, 2.75) is 25.4 Å². The SMILES string of the molecule is CC.COCCNS(=O)c1ccc(CNC(=O)c2cncc3c2cnn3-c2ccc(F)cc2)cn1. The van der Waals surface area contributed by atoms with Crippen LogP contribution in [0.1, 0.15) is 29.8 Å². The fraction of sp³-hybridized carbons (Fsp3) is 0.250. The van der Waals surface area contributed by atoms with E-state index in [0.29, 0.717) is 40.3 Å². The van der Waals surface area contributed by atoms with Crippen molar-refractivity contribution >= 4 is 27.8 Å². The van der Waals surface area contributed by atoms with Crippen molar-refractivity contribution in [3.8, 4) is 5.69 Å². The Balaban J connectivity index is 0.00000167. The molecule has 0 bridgehead atoms. The van der Waals surface area contributed by atoms with Gasteiger partial charge < -0.3 is 10.1 Å². The van der Waals surface area contributed by atoms with Gasteiger partial charge in [0, 0.05) is 38.0 Å². The number of methoxy groups -OCH3 is 1. The third-order valence-electron chi connectivity index (χ3n) is 4.79. The first-order chi connectivity index (χ1) is 17.1. The molecule has 2 N–H and O–H groups in total. The Hall–Kier alpha value is -3.54. The monoisotopic (exact) mass is 498 g/mol. The molecule has 3 aromatic heterocycles. The quantitative estimate of drug-likeness (QED) is 0.343. The highest BCUT2D eigenvalue weighted by molar-refractivity contribution is 7.83. The third-order valence-corrected chi connectivity index (χ3v) is 5.88. The van der Waals surface area contributed by atoms with Crippen molar-refractivity contribution in [3.05, 3.63) is 78.1 Å². The molecule has 1 amide bonds. The van der Waals surface area contributed by atoms with Crippen molar-refractivity contribution < 1.29 is 18.1 Å². The number of carbonyl (C=O) groups excluding carboxylic acids is 1. The van der Waals surface area contributed by atoms with Gasteiger partial charge in [-0.1, -0.05) is 19.9 Å². The molecule has 0 radical (unpaired) electrons. The fourth-order valence-electron chi connectivity index (χ4n) is 3.12. The maximum Gasteiger partial charge on any atom is 0.253 e. The summed E-state index contributed by atoms with van der Waals surface area (Å²) >= 11 is 0. The Bertz CT molecular complexity index is 1280. The Kier molecular flexibility index (Phi) is 9.53. The lowest BCUT2D eigenvalue weighted by atomic mass is 10.1.